The number of hydrogen-bond donors (Lipinski definition) is 0. The molecule has 3 aromatic rings. The summed E-state index contributed by atoms with van der Waals surface area (Å²) in [4.78, 5) is 12.9. The van der Waals surface area contributed by atoms with Gasteiger partial charge in [-0.05, 0) is 36.4 Å². The Morgan fingerprint density at radius 2 is 1.13 bits per heavy atom. The smallest absolute Gasteiger partial charge is 0.264 e. The molecule has 0 unspecified atom stereocenters. The molecule has 0 amide bonds. The van der Waals surface area contributed by atoms with Gasteiger partial charge in [-0.15, -0.1) is 0 Å². The summed E-state index contributed by atoms with van der Waals surface area (Å²) in [5, 5.41) is 0.540. The molecule has 0 bridgehead atoms. The third-order valence-electron chi connectivity index (χ3n) is 3.91. The van der Waals surface area contributed by atoms with Crippen LogP contribution in [0.1, 0.15) is 0 Å². The zero-order chi connectivity index (χ0) is 22.6. The van der Waals surface area contributed by atoms with Gasteiger partial charge in [0.2, 0.25) is 5.43 Å². The summed E-state index contributed by atoms with van der Waals surface area (Å²) in [5.74, 6) is 0.697. The van der Waals surface area contributed by atoms with Crippen LogP contribution in [0.15, 0.2) is 45.6 Å². The number of ether oxygens (including phenoxy) is 2. The van der Waals surface area contributed by atoms with Gasteiger partial charge in [-0.2, -0.15) is 16.8 Å². The van der Waals surface area contributed by atoms with Crippen LogP contribution in [0.5, 0.6) is 11.5 Å². The molecular formula is C19H20O10S2. The van der Waals surface area contributed by atoms with Crippen LogP contribution in [0.25, 0.3) is 21.9 Å². The van der Waals surface area contributed by atoms with Crippen LogP contribution in [-0.2, 0) is 28.6 Å². The van der Waals surface area contributed by atoms with E-state index in [0.29, 0.717) is 22.7 Å². The highest BCUT2D eigenvalue weighted by atomic mass is 32.2. The van der Waals surface area contributed by atoms with Gasteiger partial charge in [0, 0.05) is 0 Å². The van der Waals surface area contributed by atoms with Crippen LogP contribution < -0.4 is 14.9 Å². The Labute approximate surface area is 178 Å². The minimum atomic E-state index is -3.56. The summed E-state index contributed by atoms with van der Waals surface area (Å²) in [6.45, 7) is -0.365. The highest BCUT2D eigenvalue weighted by Gasteiger charge is 2.11. The van der Waals surface area contributed by atoms with Gasteiger partial charge in [0.25, 0.3) is 20.2 Å². The van der Waals surface area contributed by atoms with E-state index in [1.807, 2.05) is 0 Å². The first-order chi connectivity index (χ1) is 14.5. The van der Waals surface area contributed by atoms with Crippen LogP contribution in [0.2, 0.25) is 0 Å². The van der Waals surface area contributed by atoms with Crippen LogP contribution in [0.4, 0.5) is 0 Å². The fraction of sp³-hybridized carbons (Fsp3) is 0.316. The van der Waals surface area contributed by atoms with Crippen molar-refractivity contribution in [2.75, 3.05) is 38.9 Å². The van der Waals surface area contributed by atoms with E-state index in [2.05, 4.69) is 8.37 Å². The molecule has 31 heavy (non-hydrogen) atoms. The van der Waals surface area contributed by atoms with E-state index in [9.17, 15) is 21.6 Å². The van der Waals surface area contributed by atoms with Crippen molar-refractivity contribution in [1.82, 2.24) is 0 Å². The van der Waals surface area contributed by atoms with Crippen molar-refractivity contribution >= 4 is 42.2 Å². The third-order valence-corrected chi connectivity index (χ3v) is 5.10. The summed E-state index contributed by atoms with van der Waals surface area (Å²) < 4.78 is 69.7. The van der Waals surface area contributed by atoms with E-state index in [1.54, 1.807) is 24.3 Å². The van der Waals surface area contributed by atoms with Crippen molar-refractivity contribution < 1.29 is 39.1 Å². The molecule has 2 aromatic carbocycles. The minimum absolute atomic E-state index is 0.0228. The van der Waals surface area contributed by atoms with Crippen molar-refractivity contribution in [3.05, 3.63) is 46.6 Å². The molecule has 1 heterocycles. The van der Waals surface area contributed by atoms with Crippen LogP contribution in [0, 0.1) is 0 Å². The number of hydrogen-bond acceptors (Lipinski definition) is 10. The first-order valence-corrected chi connectivity index (χ1v) is 12.6. The lowest BCUT2D eigenvalue weighted by Crippen LogP contribution is -2.11. The van der Waals surface area contributed by atoms with Crippen LogP contribution >= 0.6 is 0 Å². The van der Waals surface area contributed by atoms with E-state index < -0.39 is 20.2 Å². The lowest BCUT2D eigenvalue weighted by atomic mass is 10.1. The van der Waals surface area contributed by atoms with Crippen molar-refractivity contribution in [3.8, 4) is 11.5 Å². The second kappa shape index (κ2) is 9.22. The maximum absolute atomic E-state index is 12.9. The molecule has 10 nitrogen and oxygen atoms in total. The first kappa shape index (κ1) is 23.0. The molecule has 168 valence electrons. The molecule has 0 spiro atoms. The summed E-state index contributed by atoms with van der Waals surface area (Å²) in [6, 6.07) is 9.34. The average Bonchev–Trinajstić information content (AvgIpc) is 2.68. The summed E-state index contributed by atoms with van der Waals surface area (Å²) in [5.41, 5.74) is 0.395. The van der Waals surface area contributed by atoms with Gasteiger partial charge in [-0.1, -0.05) is 0 Å². The van der Waals surface area contributed by atoms with Gasteiger partial charge in [-0.25, -0.2) is 0 Å². The lowest BCUT2D eigenvalue weighted by molar-refractivity contribution is 0.222. The van der Waals surface area contributed by atoms with Gasteiger partial charge in [0.05, 0.1) is 23.3 Å². The molecule has 0 saturated carbocycles. The Hall–Kier alpha value is -2.67. The fourth-order valence-electron chi connectivity index (χ4n) is 2.68. The van der Waals surface area contributed by atoms with Crippen molar-refractivity contribution in [2.45, 2.75) is 0 Å². The second-order valence-corrected chi connectivity index (χ2v) is 9.78. The molecule has 0 aliphatic heterocycles. The quantitative estimate of drug-likeness (QED) is 0.243. The SMILES string of the molecule is CS(=O)(=O)OCCOc1ccc2oc3ccc(OCCOS(C)(=O)=O)cc3c(=O)c2c1. The third kappa shape index (κ3) is 6.66. The topological polar surface area (TPSA) is 135 Å². The molecule has 3 rings (SSSR count). The van der Waals surface area contributed by atoms with Gasteiger partial charge in [0.1, 0.15) is 49.1 Å². The number of rotatable bonds is 10. The van der Waals surface area contributed by atoms with E-state index in [4.69, 9.17) is 13.9 Å². The molecule has 12 heteroatoms. The largest absolute Gasteiger partial charge is 0.491 e. The Balaban J connectivity index is 1.78. The fourth-order valence-corrected chi connectivity index (χ4v) is 3.43. The van der Waals surface area contributed by atoms with Gasteiger partial charge < -0.3 is 13.9 Å². The predicted molar refractivity (Wildman–Crippen MR) is 113 cm³/mol. The summed E-state index contributed by atoms with van der Waals surface area (Å²) in [7, 11) is -7.12. The molecule has 1 aromatic heterocycles. The van der Waals surface area contributed by atoms with Gasteiger partial charge in [0.15, 0.2) is 0 Å². The van der Waals surface area contributed by atoms with Crippen LogP contribution in [-0.4, -0.2) is 55.8 Å². The van der Waals surface area contributed by atoms with Gasteiger partial charge in [-0.3, -0.25) is 13.2 Å². The Kier molecular flexibility index (Phi) is 6.84. The van der Waals surface area contributed by atoms with E-state index in [1.165, 1.54) is 12.1 Å². The van der Waals surface area contributed by atoms with E-state index in [0.717, 1.165) is 12.5 Å². The molecule has 0 aliphatic carbocycles. The number of fused-ring (bicyclic) bond motifs is 2. The molecule has 0 N–H and O–H groups in total. The Morgan fingerprint density at radius 3 is 1.52 bits per heavy atom. The van der Waals surface area contributed by atoms with Crippen LogP contribution in [0.3, 0.4) is 0 Å². The molecule has 0 aliphatic rings. The van der Waals surface area contributed by atoms with E-state index >= 15 is 0 Å². The van der Waals surface area contributed by atoms with E-state index in [-0.39, 0.29) is 42.6 Å². The predicted octanol–water partition coefficient (Wildman–Crippen LogP) is 1.66. The van der Waals surface area contributed by atoms with Crippen molar-refractivity contribution in [1.29, 1.82) is 0 Å². The summed E-state index contributed by atoms with van der Waals surface area (Å²) >= 11 is 0. The maximum Gasteiger partial charge on any atom is 0.264 e. The molecule has 0 fully saturated rings. The highest BCUT2D eigenvalue weighted by Crippen LogP contribution is 2.25. The zero-order valence-corrected chi connectivity index (χ0v) is 18.3. The molecule has 0 saturated heterocycles. The summed E-state index contributed by atoms with van der Waals surface area (Å²) in [6.07, 6.45) is 1.88. The van der Waals surface area contributed by atoms with Crippen molar-refractivity contribution in [3.63, 3.8) is 0 Å². The van der Waals surface area contributed by atoms with Gasteiger partial charge >= 0.3 is 0 Å². The molecule has 0 radical (unpaired) electrons. The Morgan fingerprint density at radius 1 is 0.710 bits per heavy atom. The highest BCUT2D eigenvalue weighted by molar-refractivity contribution is 7.86. The van der Waals surface area contributed by atoms with Crippen molar-refractivity contribution in [2.24, 2.45) is 0 Å². The Bertz CT molecular complexity index is 1260. The molecule has 0 atom stereocenters. The standard InChI is InChI=1S/C19H20O10S2/c1-30(21,22)27-9-7-25-13-3-5-17-15(11-13)19(20)16-12-14(4-6-18(16)29-17)26-8-10-28-31(2,23)24/h3-6,11-12H,7-10H2,1-2H3. The number of benzene rings is 2. The normalized spacial score (nSPS) is 12.3. The lowest BCUT2D eigenvalue weighted by Gasteiger charge is -2.09. The zero-order valence-electron chi connectivity index (χ0n) is 16.7. The monoisotopic (exact) mass is 472 g/mol. The first-order valence-electron chi connectivity index (χ1n) is 8.97. The average molecular weight is 472 g/mol. The second-order valence-electron chi connectivity index (χ2n) is 6.50. The minimum Gasteiger partial charge on any atom is -0.491 e. The molecular weight excluding hydrogens is 452 g/mol. The maximum atomic E-state index is 12.9.